The summed E-state index contributed by atoms with van der Waals surface area (Å²) in [5, 5.41) is 0. The Morgan fingerprint density at radius 2 is 2.21 bits per heavy atom. The van der Waals surface area contributed by atoms with Gasteiger partial charge in [-0.25, -0.2) is 9.78 Å². The van der Waals surface area contributed by atoms with E-state index < -0.39 is 17.2 Å². The first kappa shape index (κ1) is 15.9. The van der Waals surface area contributed by atoms with Crippen LogP contribution in [0.4, 0.5) is 0 Å². The SMILES string of the molecule is Cc1nccc(OC2CCCN(C(=O)c3cc(=O)[nH]c(=O)[nH]3)C2)n1. The van der Waals surface area contributed by atoms with Gasteiger partial charge < -0.3 is 14.6 Å². The first-order chi connectivity index (χ1) is 11.5. The van der Waals surface area contributed by atoms with Gasteiger partial charge in [-0.15, -0.1) is 0 Å². The molecule has 0 spiro atoms. The van der Waals surface area contributed by atoms with E-state index in [-0.39, 0.29) is 11.8 Å². The Morgan fingerprint density at radius 1 is 1.38 bits per heavy atom. The second kappa shape index (κ2) is 6.65. The van der Waals surface area contributed by atoms with Crippen molar-refractivity contribution < 1.29 is 9.53 Å². The fourth-order valence-electron chi connectivity index (χ4n) is 2.64. The summed E-state index contributed by atoms with van der Waals surface area (Å²) in [6.45, 7) is 2.67. The third-order valence-corrected chi connectivity index (χ3v) is 3.69. The van der Waals surface area contributed by atoms with E-state index in [1.54, 1.807) is 24.1 Å². The van der Waals surface area contributed by atoms with Crippen LogP contribution in [0, 0.1) is 6.92 Å². The lowest BCUT2D eigenvalue weighted by molar-refractivity contribution is 0.0521. The summed E-state index contributed by atoms with van der Waals surface area (Å²) >= 11 is 0. The van der Waals surface area contributed by atoms with Gasteiger partial charge in [0.2, 0.25) is 5.88 Å². The maximum absolute atomic E-state index is 12.5. The van der Waals surface area contributed by atoms with Gasteiger partial charge in [0, 0.05) is 24.9 Å². The Kier molecular flexibility index (Phi) is 4.41. The number of aryl methyl sites for hydroxylation is 1. The molecule has 3 rings (SSSR count). The van der Waals surface area contributed by atoms with E-state index >= 15 is 0 Å². The number of H-pyrrole nitrogens is 2. The predicted molar refractivity (Wildman–Crippen MR) is 84.0 cm³/mol. The molecule has 2 aromatic rings. The molecule has 126 valence electrons. The highest BCUT2D eigenvalue weighted by atomic mass is 16.5. The number of rotatable bonds is 3. The number of likely N-dealkylation sites (tertiary alicyclic amines) is 1. The first-order valence-electron chi connectivity index (χ1n) is 7.60. The van der Waals surface area contributed by atoms with Crippen LogP contribution in [0.3, 0.4) is 0 Å². The van der Waals surface area contributed by atoms with Crippen molar-refractivity contribution in [3.05, 3.63) is 50.7 Å². The zero-order valence-electron chi connectivity index (χ0n) is 13.1. The highest BCUT2D eigenvalue weighted by Gasteiger charge is 2.26. The first-order valence-corrected chi connectivity index (χ1v) is 7.60. The standard InChI is InChI=1S/C15H17N5O4/c1-9-16-5-4-13(17-9)24-10-3-2-6-20(8-10)14(22)11-7-12(21)19-15(23)18-11/h4-5,7,10H,2-3,6,8H2,1H3,(H2,18,19,21,23). The Morgan fingerprint density at radius 3 is 2.96 bits per heavy atom. The van der Waals surface area contributed by atoms with Gasteiger partial charge in [0.1, 0.15) is 17.6 Å². The highest BCUT2D eigenvalue weighted by Crippen LogP contribution is 2.17. The van der Waals surface area contributed by atoms with Crippen LogP contribution in [-0.4, -0.2) is 49.9 Å². The Hall–Kier alpha value is -2.97. The number of carbonyl (C=O) groups is 1. The van der Waals surface area contributed by atoms with E-state index in [1.807, 2.05) is 4.98 Å². The Bertz CT molecular complexity index is 831. The maximum atomic E-state index is 12.5. The summed E-state index contributed by atoms with van der Waals surface area (Å²) < 4.78 is 5.82. The number of aromatic amines is 2. The molecule has 24 heavy (non-hydrogen) atoms. The van der Waals surface area contributed by atoms with Crippen LogP contribution >= 0.6 is 0 Å². The number of hydrogen-bond acceptors (Lipinski definition) is 6. The Balaban J connectivity index is 1.72. The molecule has 2 aromatic heterocycles. The van der Waals surface area contributed by atoms with Crippen LogP contribution in [0.25, 0.3) is 0 Å². The van der Waals surface area contributed by atoms with Gasteiger partial charge in [-0.3, -0.25) is 14.6 Å². The van der Waals surface area contributed by atoms with Gasteiger partial charge in [-0.2, -0.15) is 4.98 Å². The fraction of sp³-hybridized carbons (Fsp3) is 0.400. The molecular weight excluding hydrogens is 314 g/mol. The maximum Gasteiger partial charge on any atom is 0.326 e. The van der Waals surface area contributed by atoms with Crippen molar-refractivity contribution in [1.29, 1.82) is 0 Å². The predicted octanol–water partition coefficient (Wildman–Crippen LogP) is -0.155. The molecule has 1 fully saturated rings. The van der Waals surface area contributed by atoms with Crippen LogP contribution in [0.15, 0.2) is 27.9 Å². The summed E-state index contributed by atoms with van der Waals surface area (Å²) in [6, 6.07) is 2.75. The molecule has 1 amide bonds. The molecule has 0 bridgehead atoms. The van der Waals surface area contributed by atoms with E-state index in [4.69, 9.17) is 4.74 Å². The zero-order valence-corrected chi connectivity index (χ0v) is 13.1. The Labute approximate surface area is 136 Å². The van der Waals surface area contributed by atoms with Crippen LogP contribution < -0.4 is 16.0 Å². The number of amides is 1. The molecule has 0 aromatic carbocycles. The second-order valence-electron chi connectivity index (χ2n) is 5.58. The molecule has 2 N–H and O–H groups in total. The fourth-order valence-corrected chi connectivity index (χ4v) is 2.64. The van der Waals surface area contributed by atoms with Gasteiger partial charge in [0.25, 0.3) is 11.5 Å². The summed E-state index contributed by atoms with van der Waals surface area (Å²) in [5.41, 5.74) is -1.34. The number of nitrogens with one attached hydrogen (secondary N) is 2. The summed E-state index contributed by atoms with van der Waals surface area (Å²) in [4.78, 5) is 49.3. The van der Waals surface area contributed by atoms with Crippen LogP contribution in [-0.2, 0) is 0 Å². The van der Waals surface area contributed by atoms with E-state index in [1.165, 1.54) is 0 Å². The van der Waals surface area contributed by atoms with Crippen LogP contribution in [0.5, 0.6) is 5.88 Å². The molecule has 1 aliphatic rings. The largest absolute Gasteiger partial charge is 0.472 e. The van der Waals surface area contributed by atoms with Crippen molar-refractivity contribution in [2.45, 2.75) is 25.9 Å². The lowest BCUT2D eigenvalue weighted by atomic mass is 10.1. The number of aromatic nitrogens is 4. The third-order valence-electron chi connectivity index (χ3n) is 3.69. The van der Waals surface area contributed by atoms with Gasteiger partial charge in [-0.1, -0.05) is 0 Å². The molecule has 0 aliphatic carbocycles. The smallest absolute Gasteiger partial charge is 0.326 e. The minimum Gasteiger partial charge on any atom is -0.472 e. The van der Waals surface area contributed by atoms with E-state index in [9.17, 15) is 14.4 Å². The van der Waals surface area contributed by atoms with Gasteiger partial charge in [0.05, 0.1) is 6.54 Å². The normalized spacial score (nSPS) is 17.5. The molecular formula is C15H17N5O4. The number of hydrogen-bond donors (Lipinski definition) is 2. The van der Waals surface area contributed by atoms with Gasteiger partial charge >= 0.3 is 5.69 Å². The summed E-state index contributed by atoms with van der Waals surface area (Å²) in [5.74, 6) is 0.675. The lowest BCUT2D eigenvalue weighted by Gasteiger charge is -2.32. The van der Waals surface area contributed by atoms with E-state index in [0.717, 1.165) is 18.9 Å². The van der Waals surface area contributed by atoms with Crippen molar-refractivity contribution in [3.63, 3.8) is 0 Å². The number of nitrogens with zero attached hydrogens (tertiary/aromatic N) is 3. The zero-order chi connectivity index (χ0) is 17.1. The number of carbonyl (C=O) groups excluding carboxylic acids is 1. The topological polar surface area (TPSA) is 121 Å². The van der Waals surface area contributed by atoms with Crippen molar-refractivity contribution in [1.82, 2.24) is 24.8 Å². The average Bonchev–Trinajstić information content (AvgIpc) is 2.53. The molecule has 3 heterocycles. The van der Waals surface area contributed by atoms with Gasteiger partial charge in [-0.05, 0) is 19.8 Å². The average molecular weight is 331 g/mol. The lowest BCUT2D eigenvalue weighted by Crippen LogP contribution is -2.45. The third kappa shape index (κ3) is 3.67. The quantitative estimate of drug-likeness (QED) is 0.806. The van der Waals surface area contributed by atoms with Crippen molar-refractivity contribution in [3.8, 4) is 5.88 Å². The van der Waals surface area contributed by atoms with Crippen molar-refractivity contribution in [2.24, 2.45) is 0 Å². The van der Waals surface area contributed by atoms with Crippen molar-refractivity contribution >= 4 is 5.91 Å². The molecule has 0 saturated carbocycles. The summed E-state index contributed by atoms with van der Waals surface area (Å²) in [7, 11) is 0. The second-order valence-corrected chi connectivity index (χ2v) is 5.58. The molecule has 9 heteroatoms. The number of ether oxygens (including phenoxy) is 1. The minimum absolute atomic E-state index is 0.0257. The number of piperidine rings is 1. The van der Waals surface area contributed by atoms with E-state index in [2.05, 4.69) is 15.0 Å². The molecule has 1 aliphatic heterocycles. The molecule has 1 unspecified atom stereocenters. The molecule has 9 nitrogen and oxygen atoms in total. The summed E-state index contributed by atoms with van der Waals surface area (Å²) in [6.07, 6.45) is 2.96. The van der Waals surface area contributed by atoms with Crippen LogP contribution in [0.1, 0.15) is 29.2 Å². The van der Waals surface area contributed by atoms with Crippen LogP contribution in [0.2, 0.25) is 0 Å². The minimum atomic E-state index is -0.702. The van der Waals surface area contributed by atoms with E-state index in [0.29, 0.717) is 24.8 Å². The van der Waals surface area contributed by atoms with Crippen molar-refractivity contribution in [2.75, 3.05) is 13.1 Å². The molecule has 1 saturated heterocycles. The monoisotopic (exact) mass is 331 g/mol. The highest BCUT2D eigenvalue weighted by molar-refractivity contribution is 5.92. The molecule has 1 atom stereocenters. The molecule has 0 radical (unpaired) electrons. The van der Waals surface area contributed by atoms with Gasteiger partial charge in [0.15, 0.2) is 0 Å².